The number of thiophene rings is 1. The van der Waals surface area contributed by atoms with Gasteiger partial charge in [0.15, 0.2) is 0 Å². The number of anilines is 1. The molecule has 0 fully saturated rings. The highest BCUT2D eigenvalue weighted by Gasteiger charge is 2.20. The third kappa shape index (κ3) is 3.68. The molecule has 1 aromatic carbocycles. The van der Waals surface area contributed by atoms with Crippen LogP contribution in [0.25, 0.3) is 9.88 Å². The molecule has 23 heavy (non-hydrogen) atoms. The quantitative estimate of drug-likeness (QED) is 0.664. The summed E-state index contributed by atoms with van der Waals surface area (Å²) in [5.41, 5.74) is 1.77. The summed E-state index contributed by atoms with van der Waals surface area (Å²) in [5.74, 6) is 0.0780. The minimum Gasteiger partial charge on any atom is -0.310 e. The van der Waals surface area contributed by atoms with Gasteiger partial charge in [-0.25, -0.2) is 4.98 Å². The molecular formula is C18H18N2OS2. The van der Waals surface area contributed by atoms with Crippen LogP contribution in [0, 0.1) is 0 Å². The van der Waals surface area contributed by atoms with Crippen molar-refractivity contribution in [2.45, 2.75) is 26.3 Å². The van der Waals surface area contributed by atoms with Crippen LogP contribution in [0.1, 0.15) is 19.5 Å². The SMILES string of the molecule is CC(C)N(C(=O)Cc1csc(-c2cccs2)n1)c1ccccc1. The molecule has 0 aliphatic rings. The summed E-state index contributed by atoms with van der Waals surface area (Å²) in [6.07, 6.45) is 0.328. The highest BCUT2D eigenvalue weighted by atomic mass is 32.1. The van der Waals surface area contributed by atoms with E-state index in [0.29, 0.717) is 6.42 Å². The van der Waals surface area contributed by atoms with Crippen LogP contribution in [0.2, 0.25) is 0 Å². The Hall–Kier alpha value is -1.98. The Labute approximate surface area is 144 Å². The lowest BCUT2D eigenvalue weighted by atomic mass is 10.2. The molecule has 2 heterocycles. The van der Waals surface area contributed by atoms with Crippen LogP contribution in [0.15, 0.2) is 53.2 Å². The summed E-state index contributed by atoms with van der Waals surface area (Å²) in [6, 6.07) is 14.0. The second-order valence-electron chi connectivity index (χ2n) is 5.49. The Morgan fingerprint density at radius 3 is 2.57 bits per heavy atom. The molecule has 0 atom stereocenters. The molecule has 118 valence electrons. The normalized spacial score (nSPS) is 10.9. The number of hydrogen-bond donors (Lipinski definition) is 0. The number of para-hydroxylation sites is 1. The van der Waals surface area contributed by atoms with E-state index < -0.39 is 0 Å². The predicted octanol–water partition coefficient (Wildman–Crippen LogP) is 4.86. The largest absolute Gasteiger partial charge is 0.310 e. The lowest BCUT2D eigenvalue weighted by Crippen LogP contribution is -2.38. The Kier molecular flexibility index (Phi) is 4.88. The van der Waals surface area contributed by atoms with Gasteiger partial charge in [0.1, 0.15) is 5.01 Å². The second-order valence-corrected chi connectivity index (χ2v) is 7.30. The maximum absolute atomic E-state index is 12.7. The molecule has 1 amide bonds. The van der Waals surface area contributed by atoms with Crippen LogP contribution in [-0.4, -0.2) is 16.9 Å². The summed E-state index contributed by atoms with van der Waals surface area (Å²) < 4.78 is 0. The average Bonchev–Trinajstić information content (AvgIpc) is 3.19. The van der Waals surface area contributed by atoms with E-state index in [9.17, 15) is 4.79 Å². The molecule has 0 saturated heterocycles. The van der Waals surface area contributed by atoms with Crippen molar-refractivity contribution in [1.29, 1.82) is 0 Å². The minimum absolute atomic E-state index is 0.0780. The summed E-state index contributed by atoms with van der Waals surface area (Å²) in [7, 11) is 0. The Morgan fingerprint density at radius 2 is 1.91 bits per heavy atom. The summed E-state index contributed by atoms with van der Waals surface area (Å²) >= 11 is 3.26. The first kappa shape index (κ1) is 15.9. The van der Waals surface area contributed by atoms with Gasteiger partial charge in [-0.05, 0) is 37.4 Å². The Bertz CT molecular complexity index is 763. The van der Waals surface area contributed by atoms with Gasteiger partial charge >= 0.3 is 0 Å². The fourth-order valence-electron chi connectivity index (χ4n) is 2.46. The van der Waals surface area contributed by atoms with Gasteiger partial charge in [-0.15, -0.1) is 22.7 Å². The minimum atomic E-state index is 0.0780. The van der Waals surface area contributed by atoms with E-state index >= 15 is 0 Å². The first-order chi connectivity index (χ1) is 11.1. The molecule has 5 heteroatoms. The number of thiazole rings is 1. The van der Waals surface area contributed by atoms with E-state index in [1.807, 2.05) is 65.9 Å². The van der Waals surface area contributed by atoms with Crippen molar-refractivity contribution >= 4 is 34.3 Å². The molecule has 3 aromatic rings. The number of carbonyl (C=O) groups is 1. The van der Waals surface area contributed by atoms with Crippen LogP contribution in [0.3, 0.4) is 0 Å². The number of rotatable bonds is 5. The van der Waals surface area contributed by atoms with Gasteiger partial charge in [-0.3, -0.25) is 4.79 Å². The van der Waals surface area contributed by atoms with E-state index in [4.69, 9.17) is 0 Å². The number of nitrogens with zero attached hydrogens (tertiary/aromatic N) is 2. The van der Waals surface area contributed by atoms with Crippen LogP contribution in [-0.2, 0) is 11.2 Å². The molecular weight excluding hydrogens is 324 g/mol. The molecule has 3 nitrogen and oxygen atoms in total. The van der Waals surface area contributed by atoms with Crippen LogP contribution >= 0.6 is 22.7 Å². The van der Waals surface area contributed by atoms with Crippen molar-refractivity contribution < 1.29 is 4.79 Å². The highest BCUT2D eigenvalue weighted by Crippen LogP contribution is 2.28. The van der Waals surface area contributed by atoms with E-state index in [0.717, 1.165) is 21.3 Å². The maximum Gasteiger partial charge on any atom is 0.233 e. The summed E-state index contributed by atoms with van der Waals surface area (Å²) in [5, 5.41) is 5.01. The van der Waals surface area contributed by atoms with E-state index in [1.165, 1.54) is 0 Å². The molecule has 0 aliphatic carbocycles. The Morgan fingerprint density at radius 1 is 1.13 bits per heavy atom. The zero-order valence-corrected chi connectivity index (χ0v) is 14.7. The third-order valence-corrected chi connectivity index (χ3v) is 5.37. The first-order valence-electron chi connectivity index (χ1n) is 7.50. The highest BCUT2D eigenvalue weighted by molar-refractivity contribution is 7.20. The summed E-state index contributed by atoms with van der Waals surface area (Å²) in [6.45, 7) is 4.06. The topological polar surface area (TPSA) is 33.2 Å². The second kappa shape index (κ2) is 7.06. The van der Waals surface area contributed by atoms with Crippen LogP contribution in [0.4, 0.5) is 5.69 Å². The van der Waals surface area contributed by atoms with Gasteiger partial charge in [-0.2, -0.15) is 0 Å². The molecule has 0 N–H and O–H groups in total. The molecule has 0 radical (unpaired) electrons. The van der Waals surface area contributed by atoms with Gasteiger partial charge < -0.3 is 4.90 Å². The van der Waals surface area contributed by atoms with Gasteiger partial charge in [0.05, 0.1) is 17.0 Å². The monoisotopic (exact) mass is 342 g/mol. The maximum atomic E-state index is 12.7. The number of carbonyl (C=O) groups excluding carboxylic acids is 1. The van der Waals surface area contributed by atoms with Crippen molar-refractivity contribution in [1.82, 2.24) is 4.98 Å². The fraction of sp³-hybridized carbons (Fsp3) is 0.222. The van der Waals surface area contributed by atoms with Gasteiger partial charge in [-0.1, -0.05) is 24.3 Å². The van der Waals surface area contributed by atoms with E-state index in [-0.39, 0.29) is 11.9 Å². The molecule has 0 unspecified atom stereocenters. The molecule has 2 aromatic heterocycles. The first-order valence-corrected chi connectivity index (χ1v) is 9.26. The molecule has 0 spiro atoms. The number of amides is 1. The van der Waals surface area contributed by atoms with Crippen molar-refractivity contribution in [2.24, 2.45) is 0 Å². The lowest BCUT2D eigenvalue weighted by molar-refractivity contribution is -0.118. The van der Waals surface area contributed by atoms with Gasteiger partial charge in [0.2, 0.25) is 5.91 Å². The summed E-state index contributed by atoms with van der Waals surface area (Å²) in [4.78, 5) is 20.3. The standard InChI is InChI=1S/C18H18N2OS2/c1-13(2)20(15-7-4-3-5-8-15)17(21)11-14-12-23-18(19-14)16-9-6-10-22-16/h3-10,12-13H,11H2,1-2H3. The number of hydrogen-bond acceptors (Lipinski definition) is 4. The van der Waals surface area contributed by atoms with Crippen molar-refractivity contribution in [3.8, 4) is 9.88 Å². The number of aromatic nitrogens is 1. The van der Waals surface area contributed by atoms with Gasteiger partial charge in [0, 0.05) is 17.1 Å². The zero-order chi connectivity index (χ0) is 16.2. The Balaban J connectivity index is 1.77. The molecule has 0 bridgehead atoms. The van der Waals surface area contributed by atoms with Gasteiger partial charge in [0.25, 0.3) is 0 Å². The predicted molar refractivity (Wildman–Crippen MR) is 98.2 cm³/mol. The van der Waals surface area contributed by atoms with Crippen molar-refractivity contribution in [3.05, 3.63) is 58.9 Å². The average molecular weight is 342 g/mol. The molecule has 0 aliphatic heterocycles. The van der Waals surface area contributed by atoms with Crippen LogP contribution < -0.4 is 4.90 Å². The molecule has 3 rings (SSSR count). The van der Waals surface area contributed by atoms with Crippen LogP contribution in [0.5, 0.6) is 0 Å². The smallest absolute Gasteiger partial charge is 0.233 e. The van der Waals surface area contributed by atoms with Crippen molar-refractivity contribution in [3.63, 3.8) is 0 Å². The van der Waals surface area contributed by atoms with E-state index in [1.54, 1.807) is 22.7 Å². The van der Waals surface area contributed by atoms with E-state index in [2.05, 4.69) is 11.1 Å². The third-order valence-electron chi connectivity index (χ3n) is 3.44. The fourth-order valence-corrected chi connectivity index (χ4v) is 4.09. The van der Waals surface area contributed by atoms with Crippen molar-refractivity contribution in [2.75, 3.05) is 4.90 Å². The lowest BCUT2D eigenvalue weighted by Gasteiger charge is -2.26. The zero-order valence-electron chi connectivity index (χ0n) is 13.1. The molecule has 0 saturated carbocycles. The number of benzene rings is 1.